The molecule has 0 amide bonds. The summed E-state index contributed by atoms with van der Waals surface area (Å²) in [6.07, 6.45) is 3.17. The summed E-state index contributed by atoms with van der Waals surface area (Å²) >= 11 is 0. The molecule has 10 aromatic carbocycles. The van der Waals surface area contributed by atoms with Gasteiger partial charge in [0.25, 0.3) is 6.33 Å². The number of benzene rings is 10. The van der Waals surface area contributed by atoms with Crippen molar-refractivity contribution in [3.8, 4) is 56.6 Å². The van der Waals surface area contributed by atoms with Crippen LogP contribution in [0.3, 0.4) is 0 Å². The van der Waals surface area contributed by atoms with Gasteiger partial charge in [-0.2, -0.15) is 12.1 Å². The number of nitrogens with zero attached hydrogens (tertiary/aromatic N) is 5. The van der Waals surface area contributed by atoms with Crippen molar-refractivity contribution in [3.63, 3.8) is 0 Å². The number of ether oxygens (including phenoxy) is 1. The van der Waals surface area contributed by atoms with Crippen molar-refractivity contribution >= 4 is 54.6 Å². The Labute approximate surface area is 533 Å². The molecule has 7 heteroatoms. The van der Waals surface area contributed by atoms with E-state index in [1.807, 2.05) is 115 Å². The van der Waals surface area contributed by atoms with E-state index in [0.717, 1.165) is 22.3 Å². The second-order valence-corrected chi connectivity index (χ2v) is 23.7. The predicted octanol–water partition coefficient (Wildman–Crippen LogP) is 19.1. The average Bonchev–Trinajstić information content (AvgIpc) is 1.53. The number of imidazole rings is 1. The van der Waals surface area contributed by atoms with Crippen molar-refractivity contribution in [3.05, 3.63) is 277 Å². The fourth-order valence-corrected chi connectivity index (χ4v) is 11.4. The minimum absolute atomic E-state index is 0. The molecule has 0 N–H and O–H groups in total. The van der Waals surface area contributed by atoms with Gasteiger partial charge in [-0.3, -0.25) is 4.57 Å². The van der Waals surface area contributed by atoms with Crippen LogP contribution in [-0.4, -0.2) is 18.7 Å². The zero-order chi connectivity index (χ0) is 70.6. The number of rotatable bonds is 11. The van der Waals surface area contributed by atoms with Crippen LogP contribution >= 0.6 is 0 Å². The summed E-state index contributed by atoms with van der Waals surface area (Å²) in [6.45, 7) is 16.6. The molecule has 0 saturated carbocycles. The molecule has 0 aliphatic heterocycles. The molecule has 0 aliphatic carbocycles. The van der Waals surface area contributed by atoms with Gasteiger partial charge in [-0.05, 0) is 114 Å². The predicted molar refractivity (Wildman–Crippen MR) is 346 cm³/mol. The van der Waals surface area contributed by atoms with Crippen LogP contribution in [0.4, 0.5) is 0 Å². The molecular formula is C78H65N5OPt-2. The third kappa shape index (κ3) is 9.96. The normalized spacial score (nSPS) is 14.8. The molecule has 14 aromatic rings. The zero-order valence-corrected chi connectivity index (χ0v) is 50.2. The Morgan fingerprint density at radius 1 is 0.529 bits per heavy atom. The van der Waals surface area contributed by atoms with Crippen LogP contribution < -0.4 is 9.30 Å². The van der Waals surface area contributed by atoms with Crippen molar-refractivity contribution < 1.29 is 50.9 Å². The maximum Gasteiger partial charge on any atom is 0.268 e. The van der Waals surface area contributed by atoms with Gasteiger partial charge in [-0.25, -0.2) is 4.98 Å². The van der Waals surface area contributed by atoms with Crippen LogP contribution in [0.5, 0.6) is 11.5 Å². The summed E-state index contributed by atoms with van der Waals surface area (Å²) in [7, 11) is 0. The van der Waals surface area contributed by atoms with Crippen LogP contribution in [0.2, 0.25) is 0 Å². The van der Waals surface area contributed by atoms with Crippen LogP contribution in [0.15, 0.2) is 236 Å². The number of fused-ring (bicyclic) bond motifs is 7. The number of pyridine rings is 1. The molecule has 0 atom stereocenters. The summed E-state index contributed by atoms with van der Waals surface area (Å²) in [5.41, 5.74) is 6.46. The third-order valence-electron chi connectivity index (χ3n) is 15.6. The van der Waals surface area contributed by atoms with E-state index >= 15 is 0 Å². The van der Waals surface area contributed by atoms with E-state index in [0.29, 0.717) is 60.9 Å². The third-order valence-corrected chi connectivity index (χ3v) is 15.6. The van der Waals surface area contributed by atoms with E-state index in [1.54, 1.807) is 51.7 Å². The Bertz CT molecular complexity index is 5610. The monoisotopic (exact) mass is 1300 g/mol. The molecule has 14 rings (SSSR count). The molecule has 0 spiro atoms. The second kappa shape index (κ2) is 21.5. The van der Waals surface area contributed by atoms with Gasteiger partial charge in [-0.15, -0.1) is 24.3 Å². The van der Waals surface area contributed by atoms with E-state index in [9.17, 15) is 11.0 Å². The standard InChI is InChI=1S/C78H65N5O.Pt/c1-76(2,3)56-44-54(45-57(46-56)77(4,5)6)62-35-24-34-61(53-25-11-9-12-26-53)75(62)81-51-80(69-39-21-22-40-70(69)81)58-29-23-30-59(47-58)84-60-48-71(82-66-36-18-15-31-63(66)64-32-16-19-37-67(64)82)74-65-33-17-20-38-68(65)83(72(74)49-60)73-43-52(41-42-79-73)50-78(7,8)55-27-13-10-14-28-55;/h9-46,48H,50H2,1-8H3;/q-2;/i9D,11D,12D,15D,16D,18D,19D,25D,26D,31D,32D,36D,37D,50D2;. The fourth-order valence-electron chi connectivity index (χ4n) is 11.4. The van der Waals surface area contributed by atoms with E-state index in [-0.39, 0.29) is 94.4 Å². The zero-order valence-electron chi connectivity index (χ0n) is 63.0. The Balaban J connectivity index is 0.00000896. The molecule has 0 saturated heterocycles. The Hall–Kier alpha value is -9.09. The van der Waals surface area contributed by atoms with Gasteiger partial charge in [0.15, 0.2) is 0 Å². The Morgan fingerprint density at radius 2 is 1.15 bits per heavy atom. The van der Waals surface area contributed by atoms with Crippen LogP contribution in [0, 0.1) is 18.5 Å². The van der Waals surface area contributed by atoms with Crippen LogP contribution in [0.25, 0.3) is 99.8 Å². The van der Waals surface area contributed by atoms with Crippen molar-refractivity contribution in [2.24, 2.45) is 0 Å². The summed E-state index contributed by atoms with van der Waals surface area (Å²) in [5.74, 6) is 0.441. The van der Waals surface area contributed by atoms with E-state index in [2.05, 4.69) is 78.2 Å². The fraction of sp³-hybridized carbons (Fsp3) is 0.154. The smallest absolute Gasteiger partial charge is 0.268 e. The molecule has 0 unspecified atom stereocenters. The number of aromatic nitrogens is 5. The van der Waals surface area contributed by atoms with Crippen LogP contribution in [-0.2, 0) is 43.7 Å². The van der Waals surface area contributed by atoms with Gasteiger partial charge in [0.1, 0.15) is 5.82 Å². The molecule has 0 bridgehead atoms. The molecule has 4 aromatic heterocycles. The molecule has 0 radical (unpaired) electrons. The number of hydrogen-bond acceptors (Lipinski definition) is 2. The first-order valence-electron chi connectivity index (χ1n) is 35.4. The van der Waals surface area contributed by atoms with Gasteiger partial charge in [-0.1, -0.05) is 242 Å². The summed E-state index contributed by atoms with van der Waals surface area (Å²) in [6, 6.07) is 47.0. The Kier molecular flexibility index (Phi) is 10.2. The van der Waals surface area contributed by atoms with Gasteiger partial charge < -0.3 is 18.4 Å². The van der Waals surface area contributed by atoms with Gasteiger partial charge in [0.05, 0.1) is 45.6 Å². The minimum atomic E-state index is -1.99. The van der Waals surface area contributed by atoms with Gasteiger partial charge in [0, 0.05) is 57.8 Å². The average molecular weight is 1300 g/mol. The minimum Gasteiger partial charge on any atom is -0.510 e. The maximum atomic E-state index is 9.82. The quantitative estimate of drug-likeness (QED) is 0.0956. The second-order valence-electron chi connectivity index (χ2n) is 23.7. The molecule has 6 nitrogen and oxygen atoms in total. The summed E-state index contributed by atoms with van der Waals surface area (Å²) in [4.78, 5) is 4.91. The van der Waals surface area contributed by atoms with E-state index in [1.165, 1.54) is 4.57 Å². The topological polar surface area (TPSA) is 40.8 Å². The van der Waals surface area contributed by atoms with Crippen molar-refractivity contribution in [1.82, 2.24) is 18.7 Å². The van der Waals surface area contributed by atoms with Crippen molar-refractivity contribution in [1.29, 1.82) is 0 Å². The van der Waals surface area contributed by atoms with E-state index < -0.39 is 78.3 Å². The van der Waals surface area contributed by atoms with Crippen molar-refractivity contribution in [2.45, 2.75) is 78.0 Å². The van der Waals surface area contributed by atoms with Gasteiger partial charge >= 0.3 is 0 Å². The molecule has 0 aliphatic rings. The van der Waals surface area contributed by atoms with Crippen LogP contribution in [0.1, 0.15) is 98.2 Å². The van der Waals surface area contributed by atoms with Gasteiger partial charge in [0.2, 0.25) is 0 Å². The number of para-hydroxylation sites is 6. The first-order valence-corrected chi connectivity index (χ1v) is 27.9. The first kappa shape index (κ1) is 40.2. The molecular weight excluding hydrogens is 1220 g/mol. The molecule has 0 fully saturated rings. The van der Waals surface area contributed by atoms with E-state index in [4.69, 9.17) is 19.3 Å². The first-order chi connectivity index (χ1) is 46.8. The molecule has 420 valence electrons. The SMILES string of the molecule is [2H]c1c([2H])c([2H])c(-c2cccc(-c3cc(C(C)(C)C)cc(C(C)(C)C)c3)c2-[n+]2[c-]n(-c3[c-]c(Oc4[c-]c5c(c(-n6c7c([2H])c([2H])c([2H])c([2H])c7c7c([2H])c([2H])c([2H])c([2H])c76)c4)c4ccccc4n5-c4cc(C([2H])([2H])C(C)(C)c5ccccc5)ccn4)ccc3)c3ccccc32)c([2H])c1[2H].[Pt]. The summed E-state index contributed by atoms with van der Waals surface area (Å²) in [5, 5.41) is 0.733. The van der Waals surface area contributed by atoms with Crippen molar-refractivity contribution in [2.75, 3.05) is 0 Å². The largest absolute Gasteiger partial charge is 0.510 e. The number of hydrogen-bond donors (Lipinski definition) is 0. The molecule has 4 heterocycles. The summed E-state index contributed by atoms with van der Waals surface area (Å²) < 4.78 is 152. The Morgan fingerprint density at radius 3 is 1.86 bits per heavy atom. The molecule has 85 heavy (non-hydrogen) atoms. The maximum absolute atomic E-state index is 9.82.